The van der Waals surface area contributed by atoms with Crippen LogP contribution in [0.5, 0.6) is 0 Å². The van der Waals surface area contributed by atoms with Gasteiger partial charge >= 0.3 is 0 Å². The first-order valence-corrected chi connectivity index (χ1v) is 6.90. The number of halogens is 1. The van der Waals surface area contributed by atoms with E-state index in [-0.39, 0.29) is 5.82 Å². The van der Waals surface area contributed by atoms with Gasteiger partial charge in [0, 0.05) is 49.7 Å². The van der Waals surface area contributed by atoms with Gasteiger partial charge < -0.3 is 15.5 Å². The van der Waals surface area contributed by atoms with Crippen molar-refractivity contribution in [1.82, 2.24) is 0 Å². The van der Waals surface area contributed by atoms with Crippen molar-refractivity contribution in [3.63, 3.8) is 0 Å². The van der Waals surface area contributed by atoms with E-state index in [4.69, 9.17) is 0 Å². The standard InChI is InChI=1S/C16H18FN3/c17-13-2-1-3-16(12-13)20-10-8-19(9-11-20)15-6-4-14(18)5-7-15/h1-7,12H,8-11,18H2/p+1. The first-order valence-electron chi connectivity index (χ1n) is 6.90. The van der Waals surface area contributed by atoms with Crippen molar-refractivity contribution in [2.24, 2.45) is 0 Å². The molecule has 0 unspecified atom stereocenters. The Morgan fingerprint density at radius 3 is 2.00 bits per heavy atom. The number of hydrogen-bond acceptors (Lipinski definition) is 2. The highest BCUT2D eigenvalue weighted by molar-refractivity contribution is 5.53. The first-order chi connectivity index (χ1) is 9.72. The summed E-state index contributed by atoms with van der Waals surface area (Å²) in [6, 6.07) is 15.1. The lowest BCUT2D eigenvalue weighted by Gasteiger charge is -2.37. The molecular weight excluding hydrogens is 253 g/mol. The summed E-state index contributed by atoms with van der Waals surface area (Å²) in [7, 11) is 0. The fourth-order valence-electron chi connectivity index (χ4n) is 2.60. The largest absolute Gasteiger partial charge is 0.368 e. The van der Waals surface area contributed by atoms with E-state index in [1.165, 1.54) is 11.8 Å². The summed E-state index contributed by atoms with van der Waals surface area (Å²) in [5.41, 5.74) is 7.14. The Labute approximate surface area is 118 Å². The molecule has 0 amide bonds. The molecule has 0 aliphatic carbocycles. The van der Waals surface area contributed by atoms with Crippen LogP contribution in [0.2, 0.25) is 0 Å². The van der Waals surface area contributed by atoms with Crippen LogP contribution in [0.15, 0.2) is 48.5 Å². The Morgan fingerprint density at radius 2 is 1.40 bits per heavy atom. The maximum atomic E-state index is 13.3. The minimum absolute atomic E-state index is 0.170. The fraction of sp³-hybridized carbons (Fsp3) is 0.250. The molecule has 0 saturated carbocycles. The summed E-state index contributed by atoms with van der Waals surface area (Å²) in [5, 5.41) is 0. The third-order valence-electron chi connectivity index (χ3n) is 3.75. The van der Waals surface area contributed by atoms with Gasteiger partial charge in [-0.3, -0.25) is 0 Å². The van der Waals surface area contributed by atoms with Gasteiger partial charge in [0.2, 0.25) is 0 Å². The highest BCUT2D eigenvalue weighted by atomic mass is 19.1. The number of piperazine rings is 1. The van der Waals surface area contributed by atoms with Crippen molar-refractivity contribution in [2.45, 2.75) is 0 Å². The van der Waals surface area contributed by atoms with Crippen molar-refractivity contribution in [1.29, 1.82) is 0 Å². The maximum Gasteiger partial charge on any atom is 0.128 e. The molecule has 20 heavy (non-hydrogen) atoms. The van der Waals surface area contributed by atoms with Crippen LogP contribution in [0.4, 0.5) is 21.5 Å². The molecule has 1 aliphatic rings. The van der Waals surface area contributed by atoms with Crippen LogP contribution in [-0.2, 0) is 0 Å². The molecule has 2 aromatic rings. The summed E-state index contributed by atoms with van der Waals surface area (Å²) in [6.07, 6.45) is 0. The van der Waals surface area contributed by atoms with E-state index in [0.29, 0.717) is 0 Å². The van der Waals surface area contributed by atoms with Gasteiger partial charge in [-0.05, 0) is 30.3 Å². The lowest BCUT2D eigenvalue weighted by molar-refractivity contribution is -0.254. The average molecular weight is 272 g/mol. The summed E-state index contributed by atoms with van der Waals surface area (Å²) in [4.78, 5) is 4.59. The SMILES string of the molecule is [NH3+]c1ccc(N2CCN(c3cccc(F)c3)CC2)cc1. The van der Waals surface area contributed by atoms with Gasteiger partial charge in [0.25, 0.3) is 0 Å². The molecule has 0 radical (unpaired) electrons. The van der Waals surface area contributed by atoms with Gasteiger partial charge in [-0.15, -0.1) is 0 Å². The lowest BCUT2D eigenvalue weighted by atomic mass is 10.2. The summed E-state index contributed by atoms with van der Waals surface area (Å²) in [5.74, 6) is -0.170. The van der Waals surface area contributed by atoms with Gasteiger partial charge in [0.05, 0.1) is 0 Å². The number of rotatable bonds is 2. The van der Waals surface area contributed by atoms with Crippen LogP contribution < -0.4 is 15.5 Å². The fourth-order valence-corrected chi connectivity index (χ4v) is 2.60. The molecule has 104 valence electrons. The number of nitrogens with zero attached hydrogens (tertiary/aromatic N) is 2. The molecule has 3 N–H and O–H groups in total. The Morgan fingerprint density at radius 1 is 0.800 bits per heavy atom. The molecule has 1 heterocycles. The van der Waals surface area contributed by atoms with Crippen molar-refractivity contribution >= 4 is 17.1 Å². The lowest BCUT2D eigenvalue weighted by Crippen LogP contribution is -2.46. The zero-order chi connectivity index (χ0) is 13.9. The normalized spacial score (nSPS) is 15.5. The summed E-state index contributed by atoms with van der Waals surface area (Å²) < 4.78 is 13.3. The second-order valence-electron chi connectivity index (χ2n) is 5.12. The molecule has 1 aliphatic heterocycles. The maximum absolute atomic E-state index is 13.3. The quantitative estimate of drug-likeness (QED) is 0.907. The number of hydrogen-bond donors (Lipinski definition) is 1. The first kappa shape index (κ1) is 12.9. The van der Waals surface area contributed by atoms with Gasteiger partial charge in [0.15, 0.2) is 0 Å². The predicted octanol–water partition coefficient (Wildman–Crippen LogP) is 2.03. The smallest absolute Gasteiger partial charge is 0.128 e. The second-order valence-corrected chi connectivity index (χ2v) is 5.12. The Bertz CT molecular complexity index is 575. The molecule has 1 fully saturated rings. The number of benzene rings is 2. The van der Waals surface area contributed by atoms with Gasteiger partial charge in [-0.25, -0.2) is 4.39 Å². The van der Waals surface area contributed by atoms with E-state index in [1.54, 1.807) is 12.1 Å². The zero-order valence-electron chi connectivity index (χ0n) is 11.4. The van der Waals surface area contributed by atoms with Crippen LogP contribution in [0.1, 0.15) is 0 Å². The van der Waals surface area contributed by atoms with Crippen LogP contribution in [-0.4, -0.2) is 26.2 Å². The Hall–Kier alpha value is -2.07. The minimum Gasteiger partial charge on any atom is -0.368 e. The van der Waals surface area contributed by atoms with E-state index in [9.17, 15) is 4.39 Å². The third kappa shape index (κ3) is 2.75. The van der Waals surface area contributed by atoms with E-state index >= 15 is 0 Å². The molecule has 2 aromatic carbocycles. The highest BCUT2D eigenvalue weighted by Gasteiger charge is 2.17. The topological polar surface area (TPSA) is 34.1 Å². The van der Waals surface area contributed by atoms with E-state index < -0.39 is 0 Å². The van der Waals surface area contributed by atoms with Crippen LogP contribution in [0.3, 0.4) is 0 Å². The van der Waals surface area contributed by atoms with Crippen LogP contribution in [0.25, 0.3) is 0 Å². The van der Waals surface area contributed by atoms with Gasteiger partial charge in [-0.1, -0.05) is 6.07 Å². The molecule has 0 atom stereocenters. The number of quaternary nitrogens is 1. The van der Waals surface area contributed by atoms with Gasteiger partial charge in [-0.2, -0.15) is 0 Å². The Kier molecular flexibility index (Phi) is 3.56. The summed E-state index contributed by atoms with van der Waals surface area (Å²) in [6.45, 7) is 3.73. The van der Waals surface area contributed by atoms with Crippen molar-refractivity contribution < 1.29 is 10.1 Å². The predicted molar refractivity (Wildman–Crippen MR) is 79.8 cm³/mol. The van der Waals surface area contributed by atoms with E-state index in [2.05, 4.69) is 27.7 Å². The minimum atomic E-state index is -0.170. The monoisotopic (exact) mass is 272 g/mol. The Balaban J connectivity index is 1.66. The third-order valence-corrected chi connectivity index (χ3v) is 3.75. The molecule has 4 heteroatoms. The van der Waals surface area contributed by atoms with Crippen molar-refractivity contribution in [3.8, 4) is 0 Å². The van der Waals surface area contributed by atoms with Crippen LogP contribution in [0, 0.1) is 5.82 Å². The molecule has 0 bridgehead atoms. The molecule has 1 saturated heterocycles. The summed E-state index contributed by atoms with van der Waals surface area (Å²) >= 11 is 0. The zero-order valence-corrected chi connectivity index (χ0v) is 11.4. The molecule has 0 spiro atoms. The van der Waals surface area contributed by atoms with Crippen LogP contribution >= 0.6 is 0 Å². The molecular formula is C16H19FN3+. The average Bonchev–Trinajstić information content (AvgIpc) is 2.48. The van der Waals surface area contributed by atoms with E-state index in [0.717, 1.165) is 37.6 Å². The molecule has 0 aromatic heterocycles. The van der Waals surface area contributed by atoms with Crippen molar-refractivity contribution in [3.05, 3.63) is 54.3 Å². The highest BCUT2D eigenvalue weighted by Crippen LogP contribution is 2.21. The number of anilines is 2. The molecule has 3 nitrogen and oxygen atoms in total. The van der Waals surface area contributed by atoms with Gasteiger partial charge in [0.1, 0.15) is 11.5 Å². The van der Waals surface area contributed by atoms with E-state index in [1.807, 2.05) is 18.2 Å². The molecule has 3 rings (SSSR count). The second kappa shape index (κ2) is 5.51. The van der Waals surface area contributed by atoms with Crippen molar-refractivity contribution in [2.75, 3.05) is 36.0 Å².